The summed E-state index contributed by atoms with van der Waals surface area (Å²) in [5, 5.41) is 10.3. The lowest BCUT2D eigenvalue weighted by Gasteiger charge is -2.16. The minimum atomic E-state index is -0.732. The second-order valence-electron chi connectivity index (χ2n) is 7.34. The highest BCUT2D eigenvalue weighted by Crippen LogP contribution is 2.32. The van der Waals surface area contributed by atoms with Crippen molar-refractivity contribution in [3.05, 3.63) is 59.4 Å². The lowest BCUT2D eigenvalue weighted by atomic mass is 10.1. The fourth-order valence-corrected chi connectivity index (χ4v) is 3.11. The largest absolute Gasteiger partial charge is 0.502 e. The number of carbonyl (C=O) groups is 2. The molecule has 7 nitrogen and oxygen atoms in total. The fraction of sp³-hybridized carbons (Fsp3) is 0.304. The van der Waals surface area contributed by atoms with Crippen molar-refractivity contribution in [2.45, 2.75) is 20.4 Å². The van der Waals surface area contributed by atoms with Crippen molar-refractivity contribution in [3.63, 3.8) is 0 Å². The Bertz CT molecular complexity index is 978. The summed E-state index contributed by atoms with van der Waals surface area (Å²) in [5.41, 5.74) is 1.11. The number of imide groups is 1. The van der Waals surface area contributed by atoms with Crippen LogP contribution >= 0.6 is 0 Å². The SMILES string of the molecule is COc1ccc(CN2C(=O)C(O)=C(c3ccc(OCC(C)C)cc3)C2=O)cc1OC. The molecule has 2 amide bonds. The molecule has 0 atom stereocenters. The molecule has 0 bridgehead atoms. The van der Waals surface area contributed by atoms with Crippen LogP contribution in [0.4, 0.5) is 0 Å². The summed E-state index contributed by atoms with van der Waals surface area (Å²) >= 11 is 0. The zero-order valence-corrected chi connectivity index (χ0v) is 17.5. The highest BCUT2D eigenvalue weighted by atomic mass is 16.5. The summed E-state index contributed by atoms with van der Waals surface area (Å²) in [6.45, 7) is 4.67. The third-order valence-electron chi connectivity index (χ3n) is 4.66. The predicted octanol–water partition coefficient (Wildman–Crippen LogP) is 3.58. The topological polar surface area (TPSA) is 85.3 Å². The Hall–Kier alpha value is -3.48. The number of ether oxygens (including phenoxy) is 3. The standard InChI is InChI=1S/C23H25NO6/c1-14(2)13-30-17-8-6-16(7-9-17)20-21(25)23(27)24(22(20)26)12-15-5-10-18(28-3)19(11-15)29-4/h5-11,14,25H,12-13H2,1-4H3. The van der Waals surface area contributed by atoms with E-state index in [0.717, 1.165) is 4.90 Å². The number of aliphatic hydroxyl groups is 1. The highest BCUT2D eigenvalue weighted by molar-refractivity contribution is 6.34. The predicted molar refractivity (Wildman–Crippen MR) is 111 cm³/mol. The molecule has 3 rings (SSSR count). The molecule has 1 N–H and O–H groups in total. The van der Waals surface area contributed by atoms with Gasteiger partial charge < -0.3 is 19.3 Å². The highest BCUT2D eigenvalue weighted by Gasteiger charge is 2.39. The van der Waals surface area contributed by atoms with Crippen LogP contribution in [0.15, 0.2) is 48.2 Å². The van der Waals surface area contributed by atoms with Crippen molar-refractivity contribution in [1.29, 1.82) is 0 Å². The number of nitrogens with zero attached hydrogens (tertiary/aromatic N) is 1. The molecule has 158 valence electrons. The van der Waals surface area contributed by atoms with Crippen LogP contribution in [-0.4, -0.2) is 42.6 Å². The van der Waals surface area contributed by atoms with Crippen LogP contribution in [0.2, 0.25) is 0 Å². The quantitative estimate of drug-likeness (QED) is 0.669. The summed E-state index contributed by atoms with van der Waals surface area (Å²) in [6, 6.07) is 11.9. The Morgan fingerprint density at radius 1 is 0.933 bits per heavy atom. The van der Waals surface area contributed by atoms with E-state index < -0.39 is 17.6 Å². The molecule has 0 saturated carbocycles. The molecule has 0 fully saturated rings. The van der Waals surface area contributed by atoms with E-state index in [2.05, 4.69) is 0 Å². The van der Waals surface area contributed by atoms with Gasteiger partial charge in [-0.15, -0.1) is 0 Å². The van der Waals surface area contributed by atoms with Gasteiger partial charge in [-0.05, 0) is 41.3 Å². The van der Waals surface area contributed by atoms with Crippen molar-refractivity contribution in [3.8, 4) is 17.2 Å². The summed E-state index contributed by atoms with van der Waals surface area (Å²) in [5.74, 6) is 0.233. The second-order valence-corrected chi connectivity index (χ2v) is 7.34. The second kappa shape index (κ2) is 8.90. The van der Waals surface area contributed by atoms with Crippen molar-refractivity contribution < 1.29 is 28.9 Å². The van der Waals surface area contributed by atoms with E-state index in [0.29, 0.717) is 40.9 Å². The van der Waals surface area contributed by atoms with Crippen molar-refractivity contribution in [1.82, 2.24) is 4.90 Å². The van der Waals surface area contributed by atoms with Crippen LogP contribution in [-0.2, 0) is 16.1 Å². The molecule has 0 saturated heterocycles. The molecule has 0 aliphatic carbocycles. The number of carbonyl (C=O) groups excluding carboxylic acids is 2. The number of hydrogen-bond acceptors (Lipinski definition) is 6. The zero-order chi connectivity index (χ0) is 21.8. The van der Waals surface area contributed by atoms with Crippen molar-refractivity contribution in [2.24, 2.45) is 5.92 Å². The van der Waals surface area contributed by atoms with Crippen LogP contribution < -0.4 is 14.2 Å². The Labute approximate surface area is 175 Å². The van der Waals surface area contributed by atoms with E-state index in [4.69, 9.17) is 14.2 Å². The van der Waals surface area contributed by atoms with E-state index >= 15 is 0 Å². The lowest BCUT2D eigenvalue weighted by molar-refractivity contribution is -0.138. The molecule has 7 heteroatoms. The first kappa shape index (κ1) is 21.2. The maximum Gasteiger partial charge on any atom is 0.296 e. The minimum absolute atomic E-state index is 0.00115. The molecule has 1 aliphatic heterocycles. The van der Waals surface area contributed by atoms with E-state index in [-0.39, 0.29) is 12.1 Å². The third kappa shape index (κ3) is 4.25. The Morgan fingerprint density at radius 2 is 1.60 bits per heavy atom. The molecular weight excluding hydrogens is 386 g/mol. The number of hydrogen-bond donors (Lipinski definition) is 1. The minimum Gasteiger partial charge on any atom is -0.502 e. The van der Waals surface area contributed by atoms with Gasteiger partial charge in [-0.2, -0.15) is 0 Å². The summed E-state index contributed by atoms with van der Waals surface area (Å²) in [6.07, 6.45) is 0. The van der Waals surface area contributed by atoms with Crippen molar-refractivity contribution >= 4 is 17.4 Å². The van der Waals surface area contributed by atoms with Gasteiger partial charge in [0.25, 0.3) is 11.8 Å². The molecule has 30 heavy (non-hydrogen) atoms. The van der Waals surface area contributed by atoms with Crippen LogP contribution in [0.5, 0.6) is 17.2 Å². The van der Waals surface area contributed by atoms with Gasteiger partial charge in [0, 0.05) is 0 Å². The first-order valence-electron chi connectivity index (χ1n) is 9.59. The third-order valence-corrected chi connectivity index (χ3v) is 4.66. The van der Waals surface area contributed by atoms with Gasteiger partial charge in [0.1, 0.15) is 5.75 Å². The Kier molecular flexibility index (Phi) is 6.30. The van der Waals surface area contributed by atoms with Crippen molar-refractivity contribution in [2.75, 3.05) is 20.8 Å². The van der Waals surface area contributed by atoms with Gasteiger partial charge in [-0.3, -0.25) is 14.5 Å². The molecule has 2 aromatic rings. The zero-order valence-electron chi connectivity index (χ0n) is 17.5. The smallest absolute Gasteiger partial charge is 0.296 e. The maximum absolute atomic E-state index is 12.9. The van der Waals surface area contributed by atoms with E-state index in [1.165, 1.54) is 14.2 Å². The van der Waals surface area contributed by atoms with Gasteiger partial charge in [0.15, 0.2) is 17.3 Å². The number of methoxy groups -OCH3 is 2. The monoisotopic (exact) mass is 411 g/mol. The van der Waals surface area contributed by atoms with E-state index in [1.807, 2.05) is 13.8 Å². The lowest BCUT2D eigenvalue weighted by Crippen LogP contribution is -2.31. The fourth-order valence-electron chi connectivity index (χ4n) is 3.11. The summed E-state index contributed by atoms with van der Waals surface area (Å²) in [4.78, 5) is 26.5. The molecule has 0 aromatic heterocycles. The first-order chi connectivity index (χ1) is 14.3. The van der Waals surface area contributed by atoms with Crippen LogP contribution in [0.3, 0.4) is 0 Å². The van der Waals surface area contributed by atoms with Crippen LogP contribution in [0.1, 0.15) is 25.0 Å². The average Bonchev–Trinajstić information content (AvgIpc) is 2.95. The van der Waals surface area contributed by atoms with Gasteiger partial charge in [0.2, 0.25) is 0 Å². The molecule has 1 aliphatic rings. The van der Waals surface area contributed by atoms with Gasteiger partial charge in [-0.1, -0.05) is 32.0 Å². The molecule has 0 radical (unpaired) electrons. The normalized spacial score (nSPS) is 14.0. The molecule has 1 heterocycles. The number of rotatable bonds is 8. The molecular formula is C23H25NO6. The number of benzene rings is 2. The van der Waals surface area contributed by atoms with E-state index in [9.17, 15) is 14.7 Å². The van der Waals surface area contributed by atoms with Crippen LogP contribution in [0.25, 0.3) is 5.57 Å². The van der Waals surface area contributed by atoms with Gasteiger partial charge >= 0.3 is 0 Å². The van der Waals surface area contributed by atoms with Crippen LogP contribution in [0, 0.1) is 5.92 Å². The van der Waals surface area contributed by atoms with E-state index in [1.54, 1.807) is 42.5 Å². The molecule has 2 aromatic carbocycles. The molecule has 0 unspecified atom stereocenters. The maximum atomic E-state index is 12.9. The number of amides is 2. The first-order valence-corrected chi connectivity index (χ1v) is 9.59. The average molecular weight is 411 g/mol. The number of aliphatic hydroxyl groups excluding tert-OH is 1. The van der Waals surface area contributed by atoms with Gasteiger partial charge in [-0.25, -0.2) is 0 Å². The van der Waals surface area contributed by atoms with Gasteiger partial charge in [0.05, 0.1) is 32.9 Å². The summed E-state index contributed by atoms with van der Waals surface area (Å²) < 4.78 is 16.1. The summed E-state index contributed by atoms with van der Waals surface area (Å²) in [7, 11) is 3.03. The Balaban J connectivity index is 1.79. The molecule has 0 spiro atoms. The Morgan fingerprint density at radius 3 is 2.20 bits per heavy atom.